The van der Waals surface area contributed by atoms with Gasteiger partial charge in [0.1, 0.15) is 0 Å². The summed E-state index contributed by atoms with van der Waals surface area (Å²) >= 11 is 0. The number of esters is 1. The fourth-order valence-electron chi connectivity index (χ4n) is 2.76. The first-order valence-electron chi connectivity index (χ1n) is 5.76. The molecule has 0 spiro atoms. The van der Waals surface area contributed by atoms with Crippen molar-refractivity contribution < 1.29 is 9.53 Å². The van der Waals surface area contributed by atoms with Crippen molar-refractivity contribution >= 4 is 5.97 Å². The van der Waals surface area contributed by atoms with E-state index in [0.717, 1.165) is 0 Å². The summed E-state index contributed by atoms with van der Waals surface area (Å²) in [4.78, 5) is 11.7. The first kappa shape index (κ1) is 12.3. The van der Waals surface area contributed by atoms with Crippen LogP contribution in [0, 0.1) is 23.2 Å². The van der Waals surface area contributed by atoms with Crippen LogP contribution in [0.3, 0.4) is 0 Å². The maximum Gasteiger partial charge on any atom is 0.309 e. The molecule has 0 aromatic rings. The molecule has 0 N–H and O–H groups in total. The highest BCUT2D eigenvalue weighted by molar-refractivity contribution is 5.77. The van der Waals surface area contributed by atoms with E-state index in [4.69, 9.17) is 4.74 Å². The van der Waals surface area contributed by atoms with Crippen molar-refractivity contribution in [2.24, 2.45) is 23.2 Å². The van der Waals surface area contributed by atoms with Gasteiger partial charge in [-0.15, -0.1) is 0 Å². The van der Waals surface area contributed by atoms with E-state index in [1.165, 1.54) is 0 Å². The molecule has 2 heteroatoms. The highest BCUT2D eigenvalue weighted by Gasteiger charge is 2.63. The second kappa shape index (κ2) is 4.38. The van der Waals surface area contributed by atoms with Crippen molar-refractivity contribution in [2.45, 2.75) is 34.6 Å². The second-order valence-electron chi connectivity index (χ2n) is 4.96. The van der Waals surface area contributed by atoms with Crippen LogP contribution >= 0.6 is 0 Å². The molecule has 86 valence electrons. The van der Waals surface area contributed by atoms with Gasteiger partial charge in [-0.25, -0.2) is 0 Å². The predicted molar refractivity (Wildman–Crippen MR) is 61.4 cm³/mol. The monoisotopic (exact) mass is 210 g/mol. The van der Waals surface area contributed by atoms with Crippen molar-refractivity contribution in [2.75, 3.05) is 6.61 Å². The predicted octanol–water partition coefficient (Wildman–Crippen LogP) is 3.03. The minimum absolute atomic E-state index is 0.0242. The highest BCUT2D eigenvalue weighted by atomic mass is 16.5. The second-order valence-corrected chi connectivity index (χ2v) is 4.96. The molecule has 0 radical (unpaired) electrons. The third-order valence-electron chi connectivity index (χ3n) is 3.51. The van der Waals surface area contributed by atoms with Crippen LogP contribution in [0.2, 0.25) is 0 Å². The van der Waals surface area contributed by atoms with E-state index in [-0.39, 0.29) is 17.3 Å². The fraction of sp³-hybridized carbons (Fsp3) is 0.769. The number of hydrogen-bond acceptors (Lipinski definition) is 2. The SMILES string of the molecule is C/C=C/C(C)C1C(C(=O)OCC)C1(C)C. The quantitative estimate of drug-likeness (QED) is 0.526. The minimum Gasteiger partial charge on any atom is -0.466 e. The van der Waals surface area contributed by atoms with Gasteiger partial charge < -0.3 is 4.74 Å². The van der Waals surface area contributed by atoms with Crippen LogP contribution in [0.25, 0.3) is 0 Å². The molecule has 0 heterocycles. The van der Waals surface area contributed by atoms with Crippen LogP contribution in [0.5, 0.6) is 0 Å². The summed E-state index contributed by atoms with van der Waals surface area (Å²) in [6.45, 7) is 10.8. The van der Waals surface area contributed by atoms with Crippen LogP contribution < -0.4 is 0 Å². The van der Waals surface area contributed by atoms with Crippen LogP contribution in [0.1, 0.15) is 34.6 Å². The largest absolute Gasteiger partial charge is 0.466 e. The van der Waals surface area contributed by atoms with Gasteiger partial charge in [-0.2, -0.15) is 0 Å². The molecule has 1 aliphatic rings. The van der Waals surface area contributed by atoms with Crippen molar-refractivity contribution in [3.63, 3.8) is 0 Å². The maximum absolute atomic E-state index is 11.7. The lowest BCUT2D eigenvalue weighted by Crippen LogP contribution is -2.10. The molecule has 0 bridgehead atoms. The first-order valence-corrected chi connectivity index (χ1v) is 5.76. The Morgan fingerprint density at radius 2 is 2.13 bits per heavy atom. The Morgan fingerprint density at radius 3 is 2.60 bits per heavy atom. The van der Waals surface area contributed by atoms with E-state index in [0.29, 0.717) is 18.4 Å². The maximum atomic E-state index is 11.7. The summed E-state index contributed by atoms with van der Waals surface area (Å²) in [5.74, 6) is 0.958. The number of rotatable bonds is 4. The van der Waals surface area contributed by atoms with Crippen LogP contribution in [-0.2, 0) is 9.53 Å². The van der Waals surface area contributed by atoms with E-state index < -0.39 is 0 Å². The molecule has 2 nitrogen and oxygen atoms in total. The van der Waals surface area contributed by atoms with Gasteiger partial charge in [-0.3, -0.25) is 4.79 Å². The smallest absolute Gasteiger partial charge is 0.309 e. The van der Waals surface area contributed by atoms with Gasteiger partial charge in [-0.1, -0.05) is 32.9 Å². The van der Waals surface area contributed by atoms with E-state index >= 15 is 0 Å². The van der Waals surface area contributed by atoms with Crippen molar-refractivity contribution in [1.29, 1.82) is 0 Å². The van der Waals surface area contributed by atoms with Crippen LogP contribution in [0.15, 0.2) is 12.2 Å². The molecule has 3 unspecified atom stereocenters. The van der Waals surface area contributed by atoms with E-state index in [1.807, 2.05) is 13.8 Å². The number of ether oxygens (including phenoxy) is 1. The third kappa shape index (κ3) is 2.24. The number of allylic oxidation sites excluding steroid dienone is 2. The minimum atomic E-state index is -0.0242. The fourth-order valence-corrected chi connectivity index (χ4v) is 2.76. The topological polar surface area (TPSA) is 26.3 Å². The van der Waals surface area contributed by atoms with E-state index in [2.05, 4.69) is 32.9 Å². The van der Waals surface area contributed by atoms with Gasteiger partial charge in [0, 0.05) is 0 Å². The van der Waals surface area contributed by atoms with Crippen molar-refractivity contribution in [3.05, 3.63) is 12.2 Å². The van der Waals surface area contributed by atoms with Gasteiger partial charge in [0.15, 0.2) is 0 Å². The molecular weight excluding hydrogens is 188 g/mol. The lowest BCUT2D eigenvalue weighted by Gasteiger charge is -2.06. The van der Waals surface area contributed by atoms with Crippen LogP contribution in [-0.4, -0.2) is 12.6 Å². The summed E-state index contributed by atoms with van der Waals surface area (Å²) < 4.78 is 5.10. The van der Waals surface area contributed by atoms with Gasteiger partial charge in [0.25, 0.3) is 0 Å². The first-order chi connectivity index (χ1) is 6.96. The molecule has 15 heavy (non-hydrogen) atoms. The van der Waals surface area contributed by atoms with E-state index in [9.17, 15) is 4.79 Å². The molecule has 0 amide bonds. The number of carbonyl (C=O) groups excluding carboxylic acids is 1. The van der Waals surface area contributed by atoms with Gasteiger partial charge in [0.2, 0.25) is 0 Å². The normalized spacial score (nSPS) is 30.2. The molecule has 3 atom stereocenters. The Morgan fingerprint density at radius 1 is 1.53 bits per heavy atom. The molecule has 0 aromatic carbocycles. The Kier molecular flexibility index (Phi) is 3.58. The lowest BCUT2D eigenvalue weighted by molar-refractivity contribution is -0.145. The van der Waals surface area contributed by atoms with Gasteiger partial charge in [-0.05, 0) is 31.1 Å². The molecule has 0 saturated heterocycles. The molecule has 1 fully saturated rings. The average molecular weight is 210 g/mol. The summed E-state index contributed by atoms with van der Waals surface area (Å²) in [5, 5.41) is 0. The molecular formula is C13H22O2. The highest BCUT2D eigenvalue weighted by Crippen LogP contribution is 2.62. The van der Waals surface area contributed by atoms with Crippen molar-refractivity contribution in [1.82, 2.24) is 0 Å². The Hall–Kier alpha value is -0.790. The Balaban J connectivity index is 2.66. The summed E-state index contributed by atoms with van der Waals surface area (Å²) in [6.07, 6.45) is 4.23. The van der Waals surface area contributed by atoms with Gasteiger partial charge in [0.05, 0.1) is 12.5 Å². The lowest BCUT2D eigenvalue weighted by atomic mass is 9.99. The zero-order chi connectivity index (χ0) is 11.6. The molecule has 1 saturated carbocycles. The number of carbonyl (C=O) groups is 1. The zero-order valence-electron chi connectivity index (χ0n) is 10.4. The van der Waals surface area contributed by atoms with Gasteiger partial charge >= 0.3 is 5.97 Å². The van der Waals surface area contributed by atoms with Crippen molar-refractivity contribution in [3.8, 4) is 0 Å². The number of hydrogen-bond donors (Lipinski definition) is 0. The Bertz CT molecular complexity index is 266. The summed E-state index contributed by atoms with van der Waals surface area (Å²) in [7, 11) is 0. The zero-order valence-corrected chi connectivity index (χ0v) is 10.4. The molecule has 1 aliphatic carbocycles. The molecule has 1 rings (SSSR count). The van der Waals surface area contributed by atoms with E-state index in [1.54, 1.807) is 0 Å². The Labute approximate surface area is 92.7 Å². The molecule has 0 aliphatic heterocycles. The summed E-state index contributed by atoms with van der Waals surface area (Å²) in [6, 6.07) is 0. The van der Waals surface area contributed by atoms with Crippen LogP contribution in [0.4, 0.5) is 0 Å². The molecule has 0 aromatic heterocycles. The standard InChI is InChI=1S/C13H22O2/c1-6-8-9(3)10-11(13(10,4)5)12(14)15-7-2/h6,8-11H,7H2,1-5H3/b8-6+. The third-order valence-corrected chi connectivity index (χ3v) is 3.51. The average Bonchev–Trinajstić information content (AvgIpc) is 2.70. The summed E-state index contributed by atoms with van der Waals surface area (Å²) in [5.41, 5.74) is 0.102.